The molecule has 0 aliphatic carbocycles. The number of carbonyl (C=O) groups is 1. The maximum Gasteiger partial charge on any atom is 0.352 e. The lowest BCUT2D eigenvalue weighted by Crippen LogP contribution is -2.47. The van der Waals surface area contributed by atoms with Crippen LogP contribution in [-0.4, -0.2) is 68.2 Å². The summed E-state index contributed by atoms with van der Waals surface area (Å²) in [6.45, 7) is 8.11. The van der Waals surface area contributed by atoms with E-state index in [1.54, 1.807) is 29.9 Å². The molecule has 0 bridgehead atoms. The Morgan fingerprint density at radius 2 is 1.85 bits per heavy atom. The van der Waals surface area contributed by atoms with Gasteiger partial charge in [0.2, 0.25) is 5.91 Å². The van der Waals surface area contributed by atoms with E-state index >= 15 is 0 Å². The lowest BCUT2D eigenvalue weighted by Gasteiger charge is -2.34. The normalized spacial score (nSPS) is 14.9. The Morgan fingerprint density at radius 1 is 1.12 bits per heavy atom. The number of methoxy groups -OCH3 is 1. The molecule has 10 heteroatoms. The summed E-state index contributed by atoms with van der Waals surface area (Å²) in [5, 5.41) is 5.17. The molecule has 5 rings (SSSR count). The highest BCUT2D eigenvalue weighted by atomic mass is 32.1. The molecule has 33 heavy (non-hydrogen) atoms. The summed E-state index contributed by atoms with van der Waals surface area (Å²) in [5.41, 5.74) is 2.54. The van der Waals surface area contributed by atoms with Crippen LogP contribution in [0, 0.1) is 6.92 Å². The predicted molar refractivity (Wildman–Crippen MR) is 127 cm³/mol. The molecule has 3 aromatic heterocycles. The van der Waals surface area contributed by atoms with Crippen molar-refractivity contribution in [2.75, 3.05) is 33.3 Å². The summed E-state index contributed by atoms with van der Waals surface area (Å²) in [6, 6.07) is 7.74. The first-order chi connectivity index (χ1) is 16.0. The minimum absolute atomic E-state index is 0.129. The standard InChI is InChI=1S/C23H26N6O3S/c1-15-19(13-26-8-10-27(11-9-26)16(2)30)33-22-20(15)21-24-14-25-29(21)23(31)28(22)12-17-4-6-18(32-3)7-5-17/h4-7,14H,8-13H2,1-3H3. The molecule has 1 aliphatic rings. The Balaban J connectivity index is 1.54. The zero-order valence-electron chi connectivity index (χ0n) is 18.9. The maximum absolute atomic E-state index is 13.3. The van der Waals surface area contributed by atoms with Crippen molar-refractivity contribution >= 4 is 33.1 Å². The predicted octanol–water partition coefficient (Wildman–Crippen LogP) is 2.14. The topological polar surface area (TPSA) is 85.0 Å². The molecule has 0 atom stereocenters. The number of nitrogens with zero attached hydrogens (tertiary/aromatic N) is 6. The van der Waals surface area contributed by atoms with Crippen molar-refractivity contribution < 1.29 is 9.53 Å². The van der Waals surface area contributed by atoms with Crippen LogP contribution >= 0.6 is 11.3 Å². The average Bonchev–Trinajstić information content (AvgIpc) is 3.42. The monoisotopic (exact) mass is 466 g/mol. The van der Waals surface area contributed by atoms with Crippen molar-refractivity contribution in [2.24, 2.45) is 0 Å². The summed E-state index contributed by atoms with van der Waals surface area (Å²) in [6.07, 6.45) is 1.44. The molecule has 1 saturated heterocycles. The van der Waals surface area contributed by atoms with Gasteiger partial charge in [-0.05, 0) is 30.2 Å². The van der Waals surface area contributed by atoms with Gasteiger partial charge in [0.05, 0.1) is 19.0 Å². The molecule has 1 fully saturated rings. The number of hydrogen-bond acceptors (Lipinski definition) is 7. The number of amides is 1. The Hall–Kier alpha value is -3.24. The van der Waals surface area contributed by atoms with E-state index in [9.17, 15) is 9.59 Å². The van der Waals surface area contributed by atoms with E-state index in [1.165, 1.54) is 15.7 Å². The molecule has 0 unspecified atom stereocenters. The van der Waals surface area contributed by atoms with E-state index in [1.807, 2.05) is 29.2 Å². The van der Waals surface area contributed by atoms with Gasteiger partial charge in [-0.1, -0.05) is 12.1 Å². The van der Waals surface area contributed by atoms with Crippen LogP contribution in [0.3, 0.4) is 0 Å². The number of thiophene rings is 1. The van der Waals surface area contributed by atoms with Gasteiger partial charge in [-0.15, -0.1) is 11.3 Å². The van der Waals surface area contributed by atoms with Gasteiger partial charge >= 0.3 is 5.69 Å². The van der Waals surface area contributed by atoms with Crippen LogP contribution in [0.1, 0.15) is 22.9 Å². The van der Waals surface area contributed by atoms with E-state index in [4.69, 9.17) is 4.74 Å². The van der Waals surface area contributed by atoms with Crippen molar-refractivity contribution in [1.82, 2.24) is 29.0 Å². The van der Waals surface area contributed by atoms with Crippen LogP contribution < -0.4 is 10.4 Å². The Bertz CT molecular complexity index is 1380. The lowest BCUT2D eigenvalue weighted by molar-refractivity contribution is -0.130. The van der Waals surface area contributed by atoms with E-state index < -0.39 is 0 Å². The minimum atomic E-state index is -0.200. The maximum atomic E-state index is 13.3. The third kappa shape index (κ3) is 3.89. The fourth-order valence-corrected chi connectivity index (χ4v) is 5.71. The summed E-state index contributed by atoms with van der Waals surface area (Å²) in [5.74, 6) is 0.909. The second-order valence-electron chi connectivity index (χ2n) is 8.32. The number of ether oxygens (including phenoxy) is 1. The van der Waals surface area contributed by atoms with Crippen molar-refractivity contribution in [2.45, 2.75) is 26.9 Å². The van der Waals surface area contributed by atoms with Crippen LogP contribution in [0.2, 0.25) is 0 Å². The van der Waals surface area contributed by atoms with Crippen molar-refractivity contribution in [3.05, 3.63) is 57.1 Å². The highest BCUT2D eigenvalue weighted by Crippen LogP contribution is 2.33. The third-order valence-corrected chi connectivity index (χ3v) is 7.64. The van der Waals surface area contributed by atoms with Crippen molar-refractivity contribution in [3.63, 3.8) is 0 Å². The fraction of sp³-hybridized carbons (Fsp3) is 0.391. The summed E-state index contributed by atoms with van der Waals surface area (Å²) >= 11 is 1.65. The van der Waals surface area contributed by atoms with Gasteiger partial charge in [0.25, 0.3) is 0 Å². The second-order valence-corrected chi connectivity index (χ2v) is 9.41. The van der Waals surface area contributed by atoms with Gasteiger partial charge in [-0.2, -0.15) is 9.61 Å². The Labute approximate surface area is 194 Å². The van der Waals surface area contributed by atoms with Gasteiger partial charge in [0, 0.05) is 44.5 Å². The van der Waals surface area contributed by atoms with E-state index in [0.29, 0.717) is 12.2 Å². The third-order valence-electron chi connectivity index (χ3n) is 6.34. The number of piperazine rings is 1. The Kier molecular flexibility index (Phi) is 5.63. The van der Waals surface area contributed by atoms with Crippen LogP contribution in [-0.2, 0) is 17.9 Å². The van der Waals surface area contributed by atoms with Gasteiger partial charge in [-0.25, -0.2) is 9.78 Å². The number of aryl methyl sites for hydroxylation is 1. The minimum Gasteiger partial charge on any atom is -0.497 e. The first kappa shape index (κ1) is 21.6. The molecule has 1 aromatic carbocycles. The Morgan fingerprint density at radius 3 is 2.52 bits per heavy atom. The molecular weight excluding hydrogens is 440 g/mol. The number of hydrogen-bond donors (Lipinski definition) is 0. The van der Waals surface area contributed by atoms with Gasteiger partial charge < -0.3 is 9.64 Å². The molecule has 1 aliphatic heterocycles. The zero-order chi connectivity index (χ0) is 23.1. The van der Waals surface area contributed by atoms with Crippen LogP contribution in [0.4, 0.5) is 0 Å². The van der Waals surface area contributed by atoms with E-state index in [-0.39, 0.29) is 11.6 Å². The number of aromatic nitrogens is 4. The first-order valence-electron chi connectivity index (χ1n) is 10.9. The zero-order valence-corrected chi connectivity index (χ0v) is 19.8. The van der Waals surface area contributed by atoms with Gasteiger partial charge in [-0.3, -0.25) is 14.3 Å². The largest absolute Gasteiger partial charge is 0.497 e. The first-order valence-corrected chi connectivity index (χ1v) is 11.7. The molecule has 0 saturated carbocycles. The van der Waals surface area contributed by atoms with Gasteiger partial charge in [0.1, 0.15) is 16.9 Å². The molecule has 4 aromatic rings. The fourth-order valence-electron chi connectivity index (χ4n) is 4.38. The number of carbonyl (C=O) groups excluding carboxylic acids is 1. The smallest absolute Gasteiger partial charge is 0.352 e. The highest BCUT2D eigenvalue weighted by Gasteiger charge is 2.23. The second kappa shape index (κ2) is 8.60. The number of rotatable bonds is 5. The summed E-state index contributed by atoms with van der Waals surface area (Å²) in [7, 11) is 1.64. The van der Waals surface area contributed by atoms with Gasteiger partial charge in [0.15, 0.2) is 5.65 Å². The molecule has 0 radical (unpaired) electrons. The molecule has 0 N–H and O–H groups in total. The van der Waals surface area contributed by atoms with Crippen molar-refractivity contribution in [1.29, 1.82) is 0 Å². The molecular formula is C23H26N6O3S. The SMILES string of the molecule is COc1ccc(Cn2c(=O)n3ncnc3c3c(C)c(CN4CCN(C(C)=O)CC4)sc32)cc1. The van der Waals surface area contributed by atoms with Crippen LogP contribution in [0.15, 0.2) is 35.4 Å². The average molecular weight is 467 g/mol. The van der Waals surface area contributed by atoms with Crippen LogP contribution in [0.25, 0.3) is 15.9 Å². The molecule has 1 amide bonds. The molecule has 9 nitrogen and oxygen atoms in total. The molecule has 172 valence electrons. The van der Waals surface area contributed by atoms with E-state index in [2.05, 4.69) is 21.9 Å². The quantitative estimate of drug-likeness (QED) is 0.448. The molecule has 4 heterocycles. The lowest BCUT2D eigenvalue weighted by atomic mass is 10.2. The van der Waals surface area contributed by atoms with Crippen molar-refractivity contribution in [3.8, 4) is 5.75 Å². The molecule has 0 spiro atoms. The summed E-state index contributed by atoms with van der Waals surface area (Å²) in [4.78, 5) is 35.7. The van der Waals surface area contributed by atoms with Crippen LogP contribution in [0.5, 0.6) is 5.75 Å². The number of fused-ring (bicyclic) bond motifs is 3. The highest BCUT2D eigenvalue weighted by molar-refractivity contribution is 7.19. The summed E-state index contributed by atoms with van der Waals surface area (Å²) < 4.78 is 8.43. The number of benzene rings is 1. The van der Waals surface area contributed by atoms with E-state index in [0.717, 1.165) is 59.8 Å².